The molecule has 0 aromatic rings. The van der Waals surface area contributed by atoms with E-state index in [0.29, 0.717) is 18.4 Å². The van der Waals surface area contributed by atoms with Crippen molar-refractivity contribution in [3.63, 3.8) is 0 Å². The molecule has 0 bridgehead atoms. The van der Waals surface area contributed by atoms with Crippen LogP contribution >= 0.6 is 0 Å². The van der Waals surface area contributed by atoms with Gasteiger partial charge in [0.25, 0.3) is 0 Å². The summed E-state index contributed by atoms with van der Waals surface area (Å²) >= 11 is 0. The molecule has 0 saturated heterocycles. The molecular weight excluding hydrogens is 216 g/mol. The molecule has 3 atom stereocenters. The Morgan fingerprint density at radius 2 is 2.18 bits per heavy atom. The highest BCUT2D eigenvalue weighted by atomic mass is 16.3. The molecule has 3 unspecified atom stereocenters. The van der Waals surface area contributed by atoms with E-state index in [9.17, 15) is 9.90 Å². The van der Waals surface area contributed by atoms with Gasteiger partial charge in [0.15, 0.2) is 0 Å². The van der Waals surface area contributed by atoms with E-state index >= 15 is 0 Å². The summed E-state index contributed by atoms with van der Waals surface area (Å²) in [4.78, 5) is 12.1. The van der Waals surface area contributed by atoms with Gasteiger partial charge in [-0.2, -0.15) is 0 Å². The molecule has 17 heavy (non-hydrogen) atoms. The molecule has 0 heterocycles. The molecule has 0 aromatic heterocycles. The third kappa shape index (κ3) is 4.28. The van der Waals surface area contributed by atoms with Crippen LogP contribution in [0.5, 0.6) is 0 Å². The first-order valence-electron chi connectivity index (χ1n) is 6.69. The van der Waals surface area contributed by atoms with Gasteiger partial charge in [0.1, 0.15) is 0 Å². The second-order valence-corrected chi connectivity index (χ2v) is 5.55. The highest BCUT2D eigenvalue weighted by Crippen LogP contribution is 2.31. The van der Waals surface area contributed by atoms with Gasteiger partial charge in [0.05, 0.1) is 12.6 Å². The van der Waals surface area contributed by atoms with Gasteiger partial charge in [-0.25, -0.2) is 0 Å². The molecule has 4 nitrogen and oxygen atoms in total. The molecule has 0 aliphatic heterocycles. The first-order valence-corrected chi connectivity index (χ1v) is 6.69. The van der Waals surface area contributed by atoms with Crippen molar-refractivity contribution in [1.82, 2.24) is 5.32 Å². The maximum absolute atomic E-state index is 12.1. The Labute approximate surface area is 104 Å². The maximum atomic E-state index is 12.1. The highest BCUT2D eigenvalue weighted by Gasteiger charge is 2.32. The number of nitrogens with two attached hydrogens (primary N) is 1. The van der Waals surface area contributed by atoms with Gasteiger partial charge in [0.2, 0.25) is 5.91 Å². The standard InChI is InChI=1S/C13H26N2O2/c1-9(2)6-11(8-16)15-13(17)12-5-3-4-10(12)7-14/h9-12,16H,3-8,14H2,1-2H3,(H,15,17). The summed E-state index contributed by atoms with van der Waals surface area (Å²) in [7, 11) is 0. The minimum Gasteiger partial charge on any atom is -0.394 e. The van der Waals surface area contributed by atoms with Crippen molar-refractivity contribution in [2.24, 2.45) is 23.5 Å². The summed E-state index contributed by atoms with van der Waals surface area (Å²) in [6.07, 6.45) is 3.91. The largest absolute Gasteiger partial charge is 0.394 e. The average molecular weight is 242 g/mol. The van der Waals surface area contributed by atoms with Crippen LogP contribution in [-0.2, 0) is 4.79 Å². The van der Waals surface area contributed by atoms with Gasteiger partial charge in [-0.05, 0) is 37.6 Å². The van der Waals surface area contributed by atoms with Crippen molar-refractivity contribution in [3.8, 4) is 0 Å². The van der Waals surface area contributed by atoms with Crippen molar-refractivity contribution in [3.05, 3.63) is 0 Å². The van der Waals surface area contributed by atoms with Gasteiger partial charge in [-0.15, -0.1) is 0 Å². The second-order valence-electron chi connectivity index (χ2n) is 5.55. The zero-order valence-electron chi connectivity index (χ0n) is 11.0. The molecule has 1 fully saturated rings. The molecule has 1 aliphatic rings. The number of aliphatic hydroxyl groups is 1. The number of carbonyl (C=O) groups excluding carboxylic acids is 1. The summed E-state index contributed by atoms with van der Waals surface area (Å²) in [5.74, 6) is 0.939. The molecular formula is C13H26N2O2. The van der Waals surface area contributed by atoms with Gasteiger partial charge in [-0.3, -0.25) is 4.79 Å². The summed E-state index contributed by atoms with van der Waals surface area (Å²) in [5, 5.41) is 12.2. The third-order valence-corrected chi connectivity index (χ3v) is 3.62. The van der Waals surface area contributed by atoms with Crippen LogP contribution in [0, 0.1) is 17.8 Å². The average Bonchev–Trinajstić information content (AvgIpc) is 2.75. The lowest BCUT2D eigenvalue weighted by molar-refractivity contribution is -0.127. The molecule has 0 aromatic carbocycles. The highest BCUT2D eigenvalue weighted by molar-refractivity contribution is 5.79. The van der Waals surface area contributed by atoms with E-state index in [-0.39, 0.29) is 24.5 Å². The fourth-order valence-electron chi connectivity index (χ4n) is 2.72. The topological polar surface area (TPSA) is 75.3 Å². The van der Waals surface area contributed by atoms with E-state index in [2.05, 4.69) is 19.2 Å². The van der Waals surface area contributed by atoms with Gasteiger partial charge in [-0.1, -0.05) is 20.3 Å². The Bertz CT molecular complexity index is 244. The molecule has 0 spiro atoms. The van der Waals surface area contributed by atoms with E-state index in [0.717, 1.165) is 25.7 Å². The Kier molecular flexibility index (Phi) is 5.92. The predicted molar refractivity (Wildman–Crippen MR) is 68.4 cm³/mol. The molecule has 1 amide bonds. The smallest absolute Gasteiger partial charge is 0.223 e. The van der Waals surface area contributed by atoms with Crippen molar-refractivity contribution >= 4 is 5.91 Å². The van der Waals surface area contributed by atoms with E-state index in [1.165, 1.54) is 0 Å². The van der Waals surface area contributed by atoms with Crippen LogP contribution in [0.25, 0.3) is 0 Å². The first-order chi connectivity index (χ1) is 8.08. The molecule has 4 N–H and O–H groups in total. The van der Waals surface area contributed by atoms with Crippen LogP contribution < -0.4 is 11.1 Å². The normalized spacial score (nSPS) is 26.2. The van der Waals surface area contributed by atoms with Crippen LogP contribution in [0.4, 0.5) is 0 Å². The number of nitrogens with one attached hydrogen (secondary N) is 1. The van der Waals surface area contributed by atoms with Crippen molar-refractivity contribution in [2.45, 2.75) is 45.6 Å². The first kappa shape index (κ1) is 14.5. The van der Waals surface area contributed by atoms with Crippen molar-refractivity contribution in [1.29, 1.82) is 0 Å². The Morgan fingerprint density at radius 3 is 2.71 bits per heavy atom. The maximum Gasteiger partial charge on any atom is 0.223 e. The Balaban J connectivity index is 2.46. The third-order valence-electron chi connectivity index (χ3n) is 3.62. The second kappa shape index (κ2) is 6.97. The van der Waals surface area contributed by atoms with Crippen molar-refractivity contribution < 1.29 is 9.90 Å². The molecule has 1 rings (SSSR count). The van der Waals surface area contributed by atoms with Gasteiger partial charge >= 0.3 is 0 Å². The number of aliphatic hydroxyl groups excluding tert-OH is 1. The lowest BCUT2D eigenvalue weighted by atomic mass is 9.94. The number of amides is 1. The summed E-state index contributed by atoms with van der Waals surface area (Å²) in [5.41, 5.74) is 5.68. The summed E-state index contributed by atoms with van der Waals surface area (Å²) in [6, 6.07) is -0.110. The van der Waals surface area contributed by atoms with Crippen LogP contribution in [0.3, 0.4) is 0 Å². The Morgan fingerprint density at radius 1 is 1.47 bits per heavy atom. The number of carbonyl (C=O) groups is 1. The monoisotopic (exact) mass is 242 g/mol. The van der Waals surface area contributed by atoms with Crippen LogP contribution in [-0.4, -0.2) is 30.2 Å². The van der Waals surface area contributed by atoms with Crippen LogP contribution in [0.15, 0.2) is 0 Å². The number of hydrogen-bond acceptors (Lipinski definition) is 3. The van der Waals surface area contributed by atoms with Crippen molar-refractivity contribution in [2.75, 3.05) is 13.2 Å². The summed E-state index contributed by atoms with van der Waals surface area (Å²) < 4.78 is 0. The Hall–Kier alpha value is -0.610. The zero-order valence-corrected chi connectivity index (χ0v) is 11.0. The zero-order chi connectivity index (χ0) is 12.8. The predicted octanol–water partition coefficient (Wildman–Crippen LogP) is 0.885. The lowest BCUT2D eigenvalue weighted by Gasteiger charge is -2.23. The lowest BCUT2D eigenvalue weighted by Crippen LogP contribution is -2.43. The van der Waals surface area contributed by atoms with E-state index in [4.69, 9.17) is 5.73 Å². The quantitative estimate of drug-likeness (QED) is 0.647. The fourth-order valence-corrected chi connectivity index (χ4v) is 2.72. The number of rotatable bonds is 6. The summed E-state index contributed by atoms with van der Waals surface area (Å²) in [6.45, 7) is 4.79. The molecule has 0 radical (unpaired) electrons. The minimum atomic E-state index is -0.110. The SMILES string of the molecule is CC(C)CC(CO)NC(=O)C1CCCC1CN. The van der Waals surface area contributed by atoms with Gasteiger partial charge in [0, 0.05) is 5.92 Å². The van der Waals surface area contributed by atoms with Crippen LogP contribution in [0.2, 0.25) is 0 Å². The fraction of sp³-hybridized carbons (Fsp3) is 0.923. The molecule has 4 heteroatoms. The van der Waals surface area contributed by atoms with E-state index < -0.39 is 0 Å². The molecule has 1 saturated carbocycles. The molecule has 100 valence electrons. The van der Waals surface area contributed by atoms with E-state index in [1.54, 1.807) is 0 Å². The van der Waals surface area contributed by atoms with Crippen LogP contribution in [0.1, 0.15) is 39.5 Å². The van der Waals surface area contributed by atoms with Gasteiger partial charge < -0.3 is 16.2 Å². The number of hydrogen-bond donors (Lipinski definition) is 3. The minimum absolute atomic E-state index is 0.0178. The molecule has 1 aliphatic carbocycles. The van der Waals surface area contributed by atoms with E-state index in [1.807, 2.05) is 0 Å².